The van der Waals surface area contributed by atoms with E-state index in [2.05, 4.69) is 20.9 Å². The highest BCUT2D eigenvalue weighted by molar-refractivity contribution is 5.79. The summed E-state index contributed by atoms with van der Waals surface area (Å²) in [7, 11) is 0. The van der Waals surface area contributed by atoms with Crippen LogP contribution in [-0.2, 0) is 19.2 Å². The second kappa shape index (κ2) is 12.0. The summed E-state index contributed by atoms with van der Waals surface area (Å²) in [4.78, 5) is 43.9. The number of rotatable bonds is 12. The number of carboxylic acid groups (broad SMARTS) is 2. The first kappa shape index (κ1) is 21.5. The van der Waals surface area contributed by atoms with Crippen LogP contribution in [0.2, 0.25) is 0 Å². The van der Waals surface area contributed by atoms with Crippen molar-refractivity contribution >= 4 is 23.8 Å². The summed E-state index contributed by atoms with van der Waals surface area (Å²) in [5.41, 5.74) is 0. The molecule has 0 fully saturated rings. The van der Waals surface area contributed by atoms with Gasteiger partial charge >= 0.3 is 11.9 Å². The lowest BCUT2D eigenvalue weighted by atomic mass is 10.1. The van der Waals surface area contributed by atoms with Crippen molar-refractivity contribution < 1.29 is 29.4 Å². The van der Waals surface area contributed by atoms with Crippen molar-refractivity contribution in [2.24, 2.45) is 22.1 Å². The van der Waals surface area contributed by atoms with Gasteiger partial charge in [-0.1, -0.05) is 13.8 Å². The van der Waals surface area contributed by atoms with Crippen molar-refractivity contribution in [3.05, 3.63) is 0 Å². The molecule has 0 aromatic heterocycles. The minimum absolute atomic E-state index is 0.0587. The van der Waals surface area contributed by atoms with Gasteiger partial charge in [-0.2, -0.15) is 10.2 Å². The lowest BCUT2D eigenvalue weighted by Crippen LogP contribution is -2.32. The van der Waals surface area contributed by atoms with E-state index in [-0.39, 0.29) is 50.8 Å². The fourth-order valence-corrected chi connectivity index (χ4v) is 1.46. The monoisotopic (exact) mass is 344 g/mol. The Labute approximate surface area is 139 Å². The standard InChI is InChI=1S/C14H24N4O6/c1-9(13(23)15-5-3-11(19)20)7-17-18-8-10(2)14(24)16-6-4-12(21)22/h9-10H,3-8H2,1-2H3,(H,15,23)(H,16,24)(H,19,20)(H,21,22). The molecule has 2 atom stereocenters. The molecule has 0 spiro atoms. The molecule has 2 unspecified atom stereocenters. The Balaban J connectivity index is 3.96. The molecule has 0 aliphatic carbocycles. The van der Waals surface area contributed by atoms with E-state index in [1.165, 1.54) is 0 Å². The number of carboxylic acids is 2. The van der Waals surface area contributed by atoms with Crippen LogP contribution in [0, 0.1) is 11.8 Å². The van der Waals surface area contributed by atoms with E-state index in [1.807, 2.05) is 0 Å². The Bertz CT molecular complexity index is 438. The molecule has 4 N–H and O–H groups in total. The van der Waals surface area contributed by atoms with Gasteiger partial charge in [0.25, 0.3) is 0 Å². The van der Waals surface area contributed by atoms with Gasteiger partial charge in [-0.3, -0.25) is 19.2 Å². The Hall–Kier alpha value is -2.52. The molecule has 0 rings (SSSR count). The van der Waals surface area contributed by atoms with E-state index in [4.69, 9.17) is 10.2 Å². The van der Waals surface area contributed by atoms with Crippen LogP contribution in [0.1, 0.15) is 26.7 Å². The second-order valence-corrected chi connectivity index (χ2v) is 5.32. The van der Waals surface area contributed by atoms with Crippen LogP contribution in [0.25, 0.3) is 0 Å². The number of carbonyl (C=O) groups excluding carboxylic acids is 2. The lowest BCUT2D eigenvalue weighted by molar-refractivity contribution is -0.138. The largest absolute Gasteiger partial charge is 0.481 e. The van der Waals surface area contributed by atoms with Crippen molar-refractivity contribution in [1.29, 1.82) is 0 Å². The maximum Gasteiger partial charge on any atom is 0.305 e. The third-order valence-corrected chi connectivity index (χ3v) is 2.98. The molecular weight excluding hydrogens is 320 g/mol. The van der Waals surface area contributed by atoms with Crippen LogP contribution in [-0.4, -0.2) is 60.1 Å². The van der Waals surface area contributed by atoms with Crippen molar-refractivity contribution in [2.75, 3.05) is 26.2 Å². The molecule has 136 valence electrons. The fourth-order valence-electron chi connectivity index (χ4n) is 1.46. The molecule has 0 aromatic rings. The molecule has 24 heavy (non-hydrogen) atoms. The van der Waals surface area contributed by atoms with E-state index in [1.54, 1.807) is 13.8 Å². The number of hydrogen-bond acceptors (Lipinski definition) is 6. The zero-order valence-electron chi connectivity index (χ0n) is 13.8. The molecule has 0 saturated carbocycles. The van der Waals surface area contributed by atoms with Crippen LogP contribution < -0.4 is 10.6 Å². The Morgan fingerprint density at radius 2 is 1.12 bits per heavy atom. The Kier molecular flexibility index (Phi) is 10.7. The van der Waals surface area contributed by atoms with Gasteiger partial charge in [-0.05, 0) is 0 Å². The van der Waals surface area contributed by atoms with Gasteiger partial charge in [0.1, 0.15) is 0 Å². The van der Waals surface area contributed by atoms with E-state index in [0.29, 0.717) is 0 Å². The van der Waals surface area contributed by atoms with Gasteiger partial charge < -0.3 is 20.8 Å². The minimum Gasteiger partial charge on any atom is -0.481 e. The fraction of sp³-hybridized carbons (Fsp3) is 0.714. The molecule has 0 aromatic carbocycles. The van der Waals surface area contributed by atoms with E-state index in [9.17, 15) is 19.2 Å². The number of amides is 2. The molecule has 0 aliphatic rings. The number of nitrogens with zero attached hydrogens (tertiary/aromatic N) is 2. The minimum atomic E-state index is -0.988. The predicted molar refractivity (Wildman–Crippen MR) is 83.4 cm³/mol. The third kappa shape index (κ3) is 11.1. The van der Waals surface area contributed by atoms with Crippen molar-refractivity contribution in [1.82, 2.24) is 10.6 Å². The van der Waals surface area contributed by atoms with E-state index < -0.39 is 23.8 Å². The molecule has 0 bridgehead atoms. The van der Waals surface area contributed by atoms with Crippen molar-refractivity contribution in [2.45, 2.75) is 26.7 Å². The van der Waals surface area contributed by atoms with Crippen LogP contribution in [0.5, 0.6) is 0 Å². The summed E-state index contributed by atoms with van der Waals surface area (Å²) in [6.07, 6.45) is -0.289. The van der Waals surface area contributed by atoms with Gasteiger partial charge in [0.05, 0.1) is 37.8 Å². The van der Waals surface area contributed by atoms with Crippen molar-refractivity contribution in [3.63, 3.8) is 0 Å². The Morgan fingerprint density at radius 3 is 1.42 bits per heavy atom. The molecule has 10 heteroatoms. The second-order valence-electron chi connectivity index (χ2n) is 5.32. The predicted octanol–water partition coefficient (Wildman–Crippen LogP) is -0.107. The lowest BCUT2D eigenvalue weighted by Gasteiger charge is -2.09. The quantitative estimate of drug-likeness (QED) is 0.362. The average molecular weight is 344 g/mol. The number of nitrogens with one attached hydrogen (secondary N) is 2. The molecule has 0 saturated heterocycles. The Morgan fingerprint density at radius 1 is 0.792 bits per heavy atom. The average Bonchev–Trinajstić information content (AvgIpc) is 2.49. The number of carbonyl (C=O) groups is 4. The number of azo groups is 1. The van der Waals surface area contributed by atoms with Crippen LogP contribution in [0.4, 0.5) is 0 Å². The number of aliphatic carboxylic acids is 2. The van der Waals surface area contributed by atoms with Gasteiger partial charge in [-0.15, -0.1) is 0 Å². The summed E-state index contributed by atoms with van der Waals surface area (Å²) < 4.78 is 0. The molecule has 0 aliphatic heterocycles. The number of hydrogen-bond donors (Lipinski definition) is 4. The normalized spacial score (nSPS) is 13.2. The van der Waals surface area contributed by atoms with E-state index in [0.717, 1.165) is 0 Å². The smallest absolute Gasteiger partial charge is 0.305 e. The molecule has 10 nitrogen and oxygen atoms in total. The molecular formula is C14H24N4O6. The zero-order valence-corrected chi connectivity index (χ0v) is 13.8. The summed E-state index contributed by atoms with van der Waals surface area (Å²) in [6, 6.07) is 0. The van der Waals surface area contributed by atoms with Crippen LogP contribution in [0.15, 0.2) is 10.2 Å². The first-order valence-corrected chi connectivity index (χ1v) is 7.56. The van der Waals surface area contributed by atoms with Crippen LogP contribution >= 0.6 is 0 Å². The maximum atomic E-state index is 11.6. The maximum absolute atomic E-state index is 11.6. The van der Waals surface area contributed by atoms with E-state index >= 15 is 0 Å². The highest BCUT2D eigenvalue weighted by Gasteiger charge is 2.14. The first-order valence-electron chi connectivity index (χ1n) is 7.56. The summed E-state index contributed by atoms with van der Waals surface area (Å²) >= 11 is 0. The van der Waals surface area contributed by atoms with Gasteiger partial charge in [0.2, 0.25) is 11.8 Å². The topological polar surface area (TPSA) is 158 Å². The zero-order chi connectivity index (χ0) is 18.5. The van der Waals surface area contributed by atoms with Crippen LogP contribution in [0.3, 0.4) is 0 Å². The third-order valence-electron chi connectivity index (χ3n) is 2.98. The highest BCUT2D eigenvalue weighted by Crippen LogP contribution is 2.00. The molecule has 0 heterocycles. The summed E-state index contributed by atoms with van der Waals surface area (Å²) in [5.74, 6) is -3.51. The first-order chi connectivity index (χ1) is 11.2. The van der Waals surface area contributed by atoms with Gasteiger partial charge in [-0.25, -0.2) is 0 Å². The van der Waals surface area contributed by atoms with Gasteiger partial charge in [0.15, 0.2) is 0 Å². The van der Waals surface area contributed by atoms with Gasteiger partial charge in [0, 0.05) is 13.1 Å². The summed E-state index contributed by atoms with van der Waals surface area (Å²) in [6.45, 7) is 3.65. The van der Waals surface area contributed by atoms with Crippen molar-refractivity contribution in [3.8, 4) is 0 Å². The summed E-state index contributed by atoms with van der Waals surface area (Å²) in [5, 5.41) is 29.6. The molecule has 0 radical (unpaired) electrons. The molecule has 2 amide bonds. The SMILES string of the molecule is CC(CN=NCC(C)C(=O)NCCC(=O)O)C(=O)NCCC(=O)O. The highest BCUT2D eigenvalue weighted by atomic mass is 16.4.